The number of nitrogens with zero attached hydrogens (tertiary/aromatic N) is 4. The average molecular weight is 404 g/mol. The van der Waals surface area contributed by atoms with Gasteiger partial charge in [0.15, 0.2) is 11.2 Å². The first-order valence-electron chi connectivity index (χ1n) is 10.1. The lowest BCUT2D eigenvalue weighted by molar-refractivity contribution is 0.564. The van der Waals surface area contributed by atoms with Crippen molar-refractivity contribution in [1.29, 1.82) is 0 Å². The Hall–Kier alpha value is -3.48. The Morgan fingerprint density at radius 3 is 2.43 bits per heavy atom. The first-order chi connectivity index (χ1) is 14.5. The monoisotopic (exact) mass is 404 g/mol. The second-order valence-corrected chi connectivity index (χ2v) is 7.86. The Balaban J connectivity index is 1.79. The maximum absolute atomic E-state index is 13.5. The highest BCUT2D eigenvalue weighted by atomic mass is 19.1. The number of aromatic nitrogens is 4. The lowest BCUT2D eigenvalue weighted by Gasteiger charge is -2.16. The Morgan fingerprint density at radius 2 is 1.77 bits per heavy atom. The van der Waals surface area contributed by atoms with Gasteiger partial charge < -0.3 is 4.57 Å². The zero-order valence-corrected chi connectivity index (χ0v) is 16.5. The molecule has 2 aromatic carbocycles. The summed E-state index contributed by atoms with van der Waals surface area (Å²) in [6.45, 7) is 2.38. The fraction of sp³-hybridized carbons (Fsp3) is 0.261. The molecule has 1 atom stereocenters. The Labute approximate surface area is 171 Å². The molecule has 0 saturated heterocycles. The zero-order valence-electron chi connectivity index (χ0n) is 16.5. The van der Waals surface area contributed by atoms with E-state index in [0.717, 1.165) is 18.4 Å². The molecule has 2 aromatic heterocycles. The van der Waals surface area contributed by atoms with E-state index in [-0.39, 0.29) is 17.2 Å². The van der Waals surface area contributed by atoms with E-state index in [2.05, 4.69) is 4.98 Å². The van der Waals surface area contributed by atoms with Crippen molar-refractivity contribution in [3.63, 3.8) is 0 Å². The summed E-state index contributed by atoms with van der Waals surface area (Å²) in [5.41, 5.74) is 1.39. The highest BCUT2D eigenvalue weighted by Crippen LogP contribution is 2.30. The lowest BCUT2D eigenvalue weighted by Crippen LogP contribution is -2.40. The largest absolute Gasteiger partial charge is 0.337 e. The summed E-state index contributed by atoms with van der Waals surface area (Å²) in [6, 6.07) is 15.3. The standard InChI is InChI=1S/C23H21FN4O2/c1-15(17-5-3-2-4-6-17)27-14-25-21-20(27)22(29)26(13-16-7-8-16)23(30)28(21)19-11-9-18(24)10-12-19/h2-6,9-12,14-16H,7-8,13H2,1H3/t15-/m1/s1. The molecule has 0 radical (unpaired) electrons. The van der Waals surface area contributed by atoms with Crippen LogP contribution in [0.15, 0.2) is 70.5 Å². The van der Waals surface area contributed by atoms with Crippen LogP contribution in [0.4, 0.5) is 4.39 Å². The van der Waals surface area contributed by atoms with Crippen LogP contribution in [0.1, 0.15) is 31.4 Å². The fourth-order valence-electron chi connectivity index (χ4n) is 3.88. The summed E-state index contributed by atoms with van der Waals surface area (Å²) in [4.78, 5) is 31.1. The van der Waals surface area contributed by atoms with Gasteiger partial charge in [-0.25, -0.2) is 18.7 Å². The molecule has 1 aliphatic carbocycles. The molecule has 0 unspecified atom stereocenters. The van der Waals surface area contributed by atoms with Gasteiger partial charge in [0.1, 0.15) is 5.82 Å². The molecular weight excluding hydrogens is 383 g/mol. The molecule has 1 saturated carbocycles. The van der Waals surface area contributed by atoms with Gasteiger partial charge in [-0.3, -0.25) is 9.36 Å². The van der Waals surface area contributed by atoms with Gasteiger partial charge in [-0.1, -0.05) is 30.3 Å². The summed E-state index contributed by atoms with van der Waals surface area (Å²) >= 11 is 0. The molecule has 152 valence electrons. The van der Waals surface area contributed by atoms with E-state index < -0.39 is 11.5 Å². The minimum absolute atomic E-state index is 0.141. The number of benzene rings is 2. The maximum atomic E-state index is 13.5. The third kappa shape index (κ3) is 3.07. The predicted molar refractivity (Wildman–Crippen MR) is 113 cm³/mol. The molecule has 7 heteroatoms. The summed E-state index contributed by atoms with van der Waals surface area (Å²) in [5.74, 6) is -0.0463. The van der Waals surface area contributed by atoms with E-state index in [4.69, 9.17) is 0 Å². The van der Waals surface area contributed by atoms with Gasteiger partial charge in [0.05, 0.1) is 18.1 Å². The lowest BCUT2D eigenvalue weighted by atomic mass is 10.1. The van der Waals surface area contributed by atoms with Gasteiger partial charge in [0, 0.05) is 6.54 Å². The Morgan fingerprint density at radius 1 is 1.07 bits per heavy atom. The van der Waals surface area contributed by atoms with Crippen LogP contribution in [-0.2, 0) is 6.54 Å². The second-order valence-electron chi connectivity index (χ2n) is 7.86. The first-order valence-corrected chi connectivity index (χ1v) is 10.1. The van der Waals surface area contributed by atoms with E-state index in [1.54, 1.807) is 6.33 Å². The van der Waals surface area contributed by atoms with E-state index in [1.165, 1.54) is 33.4 Å². The van der Waals surface area contributed by atoms with Crippen LogP contribution in [0, 0.1) is 11.7 Å². The van der Waals surface area contributed by atoms with Gasteiger partial charge in [0.25, 0.3) is 5.56 Å². The Kier molecular flexibility index (Phi) is 4.38. The first kappa shape index (κ1) is 18.5. The van der Waals surface area contributed by atoms with Gasteiger partial charge in [-0.15, -0.1) is 0 Å². The number of fused-ring (bicyclic) bond motifs is 1. The fourth-order valence-corrected chi connectivity index (χ4v) is 3.88. The van der Waals surface area contributed by atoms with Gasteiger partial charge in [-0.2, -0.15) is 0 Å². The van der Waals surface area contributed by atoms with Gasteiger partial charge in [-0.05, 0) is 55.5 Å². The summed E-state index contributed by atoms with van der Waals surface area (Å²) in [6.07, 6.45) is 3.63. The van der Waals surface area contributed by atoms with Crippen LogP contribution in [0.25, 0.3) is 16.9 Å². The van der Waals surface area contributed by atoms with Crippen molar-refractivity contribution in [2.45, 2.75) is 32.4 Å². The molecule has 6 nitrogen and oxygen atoms in total. The average Bonchev–Trinajstić information content (AvgIpc) is 3.48. The highest BCUT2D eigenvalue weighted by Gasteiger charge is 2.27. The van der Waals surface area contributed by atoms with E-state index in [9.17, 15) is 14.0 Å². The van der Waals surface area contributed by atoms with Crippen LogP contribution in [0.5, 0.6) is 0 Å². The topological polar surface area (TPSA) is 61.8 Å². The predicted octanol–water partition coefficient (Wildman–Crippen LogP) is 3.51. The molecule has 0 spiro atoms. The second kappa shape index (κ2) is 7.09. The summed E-state index contributed by atoms with van der Waals surface area (Å²) in [7, 11) is 0. The number of halogens is 1. The van der Waals surface area contributed by atoms with E-state index in [0.29, 0.717) is 23.7 Å². The number of imidazole rings is 1. The Bertz CT molecular complexity index is 1330. The van der Waals surface area contributed by atoms with Crippen molar-refractivity contribution in [1.82, 2.24) is 18.7 Å². The van der Waals surface area contributed by atoms with Crippen LogP contribution in [0.2, 0.25) is 0 Å². The molecule has 0 amide bonds. The van der Waals surface area contributed by atoms with Crippen molar-refractivity contribution in [3.05, 3.63) is 93.1 Å². The van der Waals surface area contributed by atoms with Crippen molar-refractivity contribution in [2.75, 3.05) is 0 Å². The van der Waals surface area contributed by atoms with Crippen LogP contribution < -0.4 is 11.2 Å². The van der Waals surface area contributed by atoms with Crippen LogP contribution in [-0.4, -0.2) is 18.7 Å². The normalized spacial score (nSPS) is 14.9. The van der Waals surface area contributed by atoms with E-state index >= 15 is 0 Å². The van der Waals surface area contributed by atoms with Crippen LogP contribution in [0.3, 0.4) is 0 Å². The highest BCUT2D eigenvalue weighted by molar-refractivity contribution is 5.72. The molecule has 4 aromatic rings. The molecule has 1 aliphatic rings. The number of rotatable bonds is 5. The van der Waals surface area contributed by atoms with Crippen molar-refractivity contribution in [2.24, 2.45) is 5.92 Å². The molecular formula is C23H21FN4O2. The van der Waals surface area contributed by atoms with E-state index in [1.807, 2.05) is 41.8 Å². The molecule has 30 heavy (non-hydrogen) atoms. The van der Waals surface area contributed by atoms with Gasteiger partial charge in [0.2, 0.25) is 0 Å². The number of hydrogen-bond acceptors (Lipinski definition) is 3. The minimum atomic E-state index is -0.441. The van der Waals surface area contributed by atoms with Crippen molar-refractivity contribution < 1.29 is 4.39 Å². The van der Waals surface area contributed by atoms with Gasteiger partial charge >= 0.3 is 5.69 Å². The summed E-state index contributed by atoms with van der Waals surface area (Å²) in [5, 5.41) is 0. The molecule has 0 aliphatic heterocycles. The molecule has 0 bridgehead atoms. The summed E-state index contributed by atoms with van der Waals surface area (Å²) < 4.78 is 18.0. The van der Waals surface area contributed by atoms with Crippen molar-refractivity contribution in [3.8, 4) is 5.69 Å². The van der Waals surface area contributed by atoms with Crippen LogP contribution >= 0.6 is 0 Å². The molecule has 2 heterocycles. The molecule has 0 N–H and O–H groups in total. The molecule has 1 fully saturated rings. The SMILES string of the molecule is C[C@H](c1ccccc1)n1cnc2c1c(=O)n(CC1CC1)c(=O)n2-c1ccc(F)cc1. The number of hydrogen-bond donors (Lipinski definition) is 0. The third-order valence-corrected chi connectivity index (χ3v) is 5.78. The third-order valence-electron chi connectivity index (χ3n) is 5.78. The quantitative estimate of drug-likeness (QED) is 0.511. The smallest absolute Gasteiger partial charge is 0.317 e. The van der Waals surface area contributed by atoms with Crippen molar-refractivity contribution >= 4 is 11.2 Å². The zero-order chi connectivity index (χ0) is 20.8. The minimum Gasteiger partial charge on any atom is -0.317 e. The maximum Gasteiger partial charge on any atom is 0.337 e. The molecule has 5 rings (SSSR count).